The van der Waals surface area contributed by atoms with Crippen molar-refractivity contribution in [2.24, 2.45) is 0 Å². The Morgan fingerprint density at radius 1 is 1.64 bits per heavy atom. The molecule has 0 aliphatic carbocycles. The third-order valence-corrected chi connectivity index (χ3v) is 1.63. The lowest BCUT2D eigenvalue weighted by Crippen LogP contribution is -2.07. The molecule has 2 rings (SSSR count). The van der Waals surface area contributed by atoms with Crippen LogP contribution in [0.15, 0.2) is 18.6 Å². The molecule has 0 fully saturated rings. The van der Waals surface area contributed by atoms with Crippen molar-refractivity contribution in [2.75, 3.05) is 18.2 Å². The van der Waals surface area contributed by atoms with Crippen LogP contribution in [0.25, 0.3) is 5.65 Å². The SMILES string of the molecule is CNn1cnn2ccc(N)c12. The highest BCUT2D eigenvalue weighted by atomic mass is 15.5. The summed E-state index contributed by atoms with van der Waals surface area (Å²) in [6, 6.07) is 1.82. The van der Waals surface area contributed by atoms with Gasteiger partial charge in [-0.05, 0) is 6.07 Å². The Labute approximate surface area is 63.4 Å². The minimum Gasteiger partial charge on any atom is -0.396 e. The largest absolute Gasteiger partial charge is 0.396 e. The molecule has 0 radical (unpaired) electrons. The molecule has 5 heteroatoms. The molecular formula is C6H9N5. The third kappa shape index (κ3) is 0.674. The van der Waals surface area contributed by atoms with Gasteiger partial charge in [0.05, 0.1) is 5.69 Å². The molecule has 0 aliphatic heterocycles. The Hall–Kier alpha value is -1.65. The highest BCUT2D eigenvalue weighted by Gasteiger charge is 2.03. The maximum absolute atomic E-state index is 5.68. The summed E-state index contributed by atoms with van der Waals surface area (Å²) in [7, 11) is 1.81. The Kier molecular flexibility index (Phi) is 1.06. The maximum Gasteiger partial charge on any atom is 0.177 e. The van der Waals surface area contributed by atoms with Gasteiger partial charge in [-0.1, -0.05) is 0 Å². The number of nitrogens with zero attached hydrogens (tertiary/aromatic N) is 3. The van der Waals surface area contributed by atoms with Crippen LogP contribution in [0.5, 0.6) is 0 Å². The predicted molar refractivity (Wildman–Crippen MR) is 42.9 cm³/mol. The van der Waals surface area contributed by atoms with Crippen LogP contribution in [0.3, 0.4) is 0 Å². The van der Waals surface area contributed by atoms with Crippen LogP contribution >= 0.6 is 0 Å². The van der Waals surface area contributed by atoms with Crippen molar-refractivity contribution in [2.45, 2.75) is 0 Å². The van der Waals surface area contributed by atoms with E-state index >= 15 is 0 Å². The molecule has 0 spiro atoms. The molecule has 2 heterocycles. The number of anilines is 1. The zero-order chi connectivity index (χ0) is 7.84. The first-order valence-corrected chi connectivity index (χ1v) is 3.31. The topological polar surface area (TPSA) is 60.3 Å². The number of nitrogens with two attached hydrogens (primary N) is 1. The van der Waals surface area contributed by atoms with Crippen molar-refractivity contribution in [1.29, 1.82) is 0 Å². The number of hydrogen-bond acceptors (Lipinski definition) is 3. The Bertz CT molecular complexity index is 371. The zero-order valence-electron chi connectivity index (χ0n) is 6.15. The van der Waals surface area contributed by atoms with Crippen molar-refractivity contribution >= 4 is 11.3 Å². The van der Waals surface area contributed by atoms with Crippen LogP contribution in [-0.2, 0) is 0 Å². The molecule has 0 bridgehead atoms. The molecule has 5 nitrogen and oxygen atoms in total. The highest BCUT2D eigenvalue weighted by molar-refractivity contribution is 5.65. The van der Waals surface area contributed by atoms with Gasteiger partial charge in [0.1, 0.15) is 6.33 Å². The molecule has 0 unspecified atom stereocenters. The number of aromatic nitrogens is 3. The smallest absolute Gasteiger partial charge is 0.177 e. The lowest BCUT2D eigenvalue weighted by Gasteiger charge is -1.98. The maximum atomic E-state index is 5.68. The summed E-state index contributed by atoms with van der Waals surface area (Å²) in [5.74, 6) is 0. The second-order valence-electron chi connectivity index (χ2n) is 2.26. The van der Waals surface area contributed by atoms with Crippen LogP contribution in [0.4, 0.5) is 5.69 Å². The van der Waals surface area contributed by atoms with Gasteiger partial charge in [-0.2, -0.15) is 5.10 Å². The standard InChI is InChI=1S/C6H9N5/c1-8-11-4-9-10-3-2-5(7)6(10)11/h2-4,8H,7H2,1H3. The van der Waals surface area contributed by atoms with Crippen LogP contribution in [0.1, 0.15) is 0 Å². The van der Waals surface area contributed by atoms with Crippen molar-refractivity contribution < 1.29 is 0 Å². The molecule has 0 atom stereocenters. The van der Waals surface area contributed by atoms with E-state index in [4.69, 9.17) is 5.73 Å². The van der Waals surface area contributed by atoms with Crippen LogP contribution in [-0.4, -0.2) is 21.3 Å². The van der Waals surface area contributed by atoms with E-state index in [0.717, 1.165) is 11.3 Å². The summed E-state index contributed by atoms with van der Waals surface area (Å²) >= 11 is 0. The summed E-state index contributed by atoms with van der Waals surface area (Å²) in [5, 5.41) is 4.05. The van der Waals surface area contributed by atoms with Gasteiger partial charge < -0.3 is 11.2 Å². The number of nitrogen functional groups attached to an aromatic ring is 1. The second-order valence-corrected chi connectivity index (χ2v) is 2.26. The van der Waals surface area contributed by atoms with Crippen molar-refractivity contribution in [3.63, 3.8) is 0 Å². The number of rotatable bonds is 1. The quantitative estimate of drug-likeness (QED) is 0.598. The molecule has 2 aromatic rings. The van der Waals surface area contributed by atoms with E-state index in [1.54, 1.807) is 15.5 Å². The van der Waals surface area contributed by atoms with E-state index in [9.17, 15) is 0 Å². The Morgan fingerprint density at radius 3 is 3.18 bits per heavy atom. The summed E-state index contributed by atoms with van der Waals surface area (Å²) in [6.07, 6.45) is 3.49. The summed E-state index contributed by atoms with van der Waals surface area (Å²) < 4.78 is 3.47. The first-order chi connectivity index (χ1) is 5.33. The van der Waals surface area contributed by atoms with Gasteiger partial charge in [-0.15, -0.1) is 0 Å². The lowest BCUT2D eigenvalue weighted by molar-refractivity contribution is 0.950. The minimum atomic E-state index is 0.719. The van der Waals surface area contributed by atoms with E-state index in [1.807, 2.05) is 19.3 Å². The lowest BCUT2D eigenvalue weighted by atomic mass is 10.5. The van der Waals surface area contributed by atoms with Gasteiger partial charge >= 0.3 is 0 Å². The van der Waals surface area contributed by atoms with E-state index in [-0.39, 0.29) is 0 Å². The molecule has 0 saturated carbocycles. The fourth-order valence-corrected chi connectivity index (χ4v) is 1.10. The second kappa shape index (κ2) is 1.91. The van der Waals surface area contributed by atoms with Crippen LogP contribution in [0, 0.1) is 0 Å². The first kappa shape index (κ1) is 6.09. The van der Waals surface area contributed by atoms with E-state index in [2.05, 4.69) is 10.5 Å². The van der Waals surface area contributed by atoms with E-state index < -0.39 is 0 Å². The Balaban J connectivity index is 2.80. The molecule has 3 N–H and O–H groups in total. The minimum absolute atomic E-state index is 0.719. The summed E-state index contributed by atoms with van der Waals surface area (Å²) in [4.78, 5) is 0. The average Bonchev–Trinajstić information content (AvgIpc) is 2.54. The van der Waals surface area contributed by atoms with Crippen LogP contribution < -0.4 is 11.2 Å². The van der Waals surface area contributed by atoms with Gasteiger partial charge in [0, 0.05) is 13.2 Å². The van der Waals surface area contributed by atoms with E-state index in [0.29, 0.717) is 0 Å². The first-order valence-electron chi connectivity index (χ1n) is 3.31. The van der Waals surface area contributed by atoms with Gasteiger partial charge in [0.15, 0.2) is 5.65 Å². The molecule has 0 amide bonds. The van der Waals surface area contributed by atoms with Gasteiger partial charge in [0.25, 0.3) is 0 Å². The van der Waals surface area contributed by atoms with Crippen molar-refractivity contribution in [3.05, 3.63) is 18.6 Å². The van der Waals surface area contributed by atoms with Crippen molar-refractivity contribution in [1.82, 2.24) is 14.3 Å². The fourth-order valence-electron chi connectivity index (χ4n) is 1.10. The molecule has 0 aliphatic rings. The fraction of sp³-hybridized carbons (Fsp3) is 0.167. The molecule has 0 saturated heterocycles. The molecule has 58 valence electrons. The van der Waals surface area contributed by atoms with Crippen LogP contribution in [0.2, 0.25) is 0 Å². The number of hydrogen-bond donors (Lipinski definition) is 2. The summed E-state index contributed by atoms with van der Waals surface area (Å²) in [5.41, 5.74) is 10.2. The average molecular weight is 151 g/mol. The normalized spacial score (nSPS) is 10.6. The van der Waals surface area contributed by atoms with Crippen molar-refractivity contribution in [3.8, 4) is 0 Å². The number of nitrogens with one attached hydrogen (secondary N) is 1. The molecule has 2 aromatic heterocycles. The third-order valence-electron chi connectivity index (χ3n) is 1.63. The predicted octanol–water partition coefficient (Wildman–Crippen LogP) is -0.109. The molecular weight excluding hydrogens is 142 g/mol. The van der Waals surface area contributed by atoms with Gasteiger partial charge in [0.2, 0.25) is 0 Å². The molecule has 0 aromatic carbocycles. The Morgan fingerprint density at radius 2 is 2.45 bits per heavy atom. The van der Waals surface area contributed by atoms with Gasteiger partial charge in [-0.3, -0.25) is 0 Å². The molecule has 11 heavy (non-hydrogen) atoms. The van der Waals surface area contributed by atoms with Gasteiger partial charge in [-0.25, -0.2) is 9.19 Å². The zero-order valence-corrected chi connectivity index (χ0v) is 6.15. The monoisotopic (exact) mass is 151 g/mol. The number of fused-ring (bicyclic) bond motifs is 1. The van der Waals surface area contributed by atoms with E-state index in [1.165, 1.54) is 0 Å². The highest BCUT2D eigenvalue weighted by Crippen LogP contribution is 2.11. The summed E-state index contributed by atoms with van der Waals surface area (Å²) in [6.45, 7) is 0.